The molecule has 2 N–H and O–H groups in total. The number of anilines is 1. The van der Waals surface area contributed by atoms with Gasteiger partial charge in [0.15, 0.2) is 5.82 Å². The number of rotatable bonds is 2. The Bertz CT molecular complexity index is 655. The fourth-order valence-electron chi connectivity index (χ4n) is 3.26. The van der Waals surface area contributed by atoms with Gasteiger partial charge in [-0.25, -0.2) is 4.68 Å². The molecule has 0 amide bonds. The van der Waals surface area contributed by atoms with E-state index in [-0.39, 0.29) is 10.8 Å². The lowest BCUT2D eigenvalue weighted by molar-refractivity contribution is 0.457. The Kier molecular flexibility index (Phi) is 2.49. The van der Waals surface area contributed by atoms with Crippen LogP contribution in [0.2, 0.25) is 0 Å². The standard InChI is InChI=1S/C15H21N5/c1-9-8-10(16)6-7-11(9)12-17-18-19-20(12)13-14(2,3)15(13,4)5/h6-8,13H,16H2,1-5H3. The second kappa shape index (κ2) is 3.81. The quantitative estimate of drug-likeness (QED) is 0.853. The predicted octanol–water partition coefficient (Wildman–Crippen LogP) is 2.84. The molecule has 5 heteroatoms. The Morgan fingerprint density at radius 3 is 2.35 bits per heavy atom. The Hall–Kier alpha value is -1.91. The van der Waals surface area contributed by atoms with Crippen molar-refractivity contribution in [2.24, 2.45) is 10.8 Å². The van der Waals surface area contributed by atoms with Gasteiger partial charge in [-0.15, -0.1) is 5.10 Å². The van der Waals surface area contributed by atoms with Gasteiger partial charge in [-0.3, -0.25) is 0 Å². The molecule has 106 valence electrons. The van der Waals surface area contributed by atoms with Crippen molar-refractivity contribution in [3.63, 3.8) is 0 Å². The van der Waals surface area contributed by atoms with Gasteiger partial charge in [-0.05, 0) is 51.9 Å². The van der Waals surface area contributed by atoms with Crippen molar-refractivity contribution in [1.82, 2.24) is 20.2 Å². The fraction of sp³-hybridized carbons (Fsp3) is 0.533. The van der Waals surface area contributed by atoms with E-state index in [0.717, 1.165) is 22.6 Å². The van der Waals surface area contributed by atoms with Crippen LogP contribution in [0.4, 0.5) is 5.69 Å². The van der Waals surface area contributed by atoms with E-state index in [1.165, 1.54) is 0 Å². The van der Waals surface area contributed by atoms with Gasteiger partial charge in [-0.2, -0.15) is 0 Å². The molecule has 0 radical (unpaired) electrons. The summed E-state index contributed by atoms with van der Waals surface area (Å²) in [6, 6.07) is 6.16. The average molecular weight is 271 g/mol. The highest BCUT2D eigenvalue weighted by Gasteiger charge is 2.67. The number of benzene rings is 1. The molecule has 1 aromatic carbocycles. The van der Waals surface area contributed by atoms with Gasteiger partial charge in [0.1, 0.15) is 0 Å². The van der Waals surface area contributed by atoms with Gasteiger partial charge in [0.25, 0.3) is 0 Å². The maximum Gasteiger partial charge on any atom is 0.182 e. The predicted molar refractivity (Wildman–Crippen MR) is 79.0 cm³/mol. The van der Waals surface area contributed by atoms with Gasteiger partial charge >= 0.3 is 0 Å². The number of hydrogen-bond acceptors (Lipinski definition) is 4. The molecule has 0 atom stereocenters. The molecular weight excluding hydrogens is 250 g/mol. The van der Waals surface area contributed by atoms with Crippen LogP contribution < -0.4 is 5.73 Å². The van der Waals surface area contributed by atoms with Crippen LogP contribution in [0, 0.1) is 17.8 Å². The first-order valence-corrected chi connectivity index (χ1v) is 6.91. The number of nitrogens with zero attached hydrogens (tertiary/aromatic N) is 4. The molecule has 2 aromatic rings. The monoisotopic (exact) mass is 271 g/mol. The number of nitrogen functional groups attached to an aromatic ring is 1. The van der Waals surface area contributed by atoms with Gasteiger partial charge in [0.2, 0.25) is 0 Å². The van der Waals surface area contributed by atoms with Crippen LogP contribution in [0.25, 0.3) is 11.4 Å². The van der Waals surface area contributed by atoms with Crippen LogP contribution in [-0.4, -0.2) is 20.2 Å². The van der Waals surface area contributed by atoms with E-state index in [2.05, 4.69) is 43.2 Å². The molecule has 1 aliphatic carbocycles. The zero-order chi connectivity index (χ0) is 14.7. The summed E-state index contributed by atoms with van der Waals surface area (Å²) in [5, 5.41) is 12.4. The third kappa shape index (κ3) is 1.58. The number of nitrogens with two attached hydrogens (primary N) is 1. The summed E-state index contributed by atoms with van der Waals surface area (Å²) in [5.74, 6) is 0.825. The van der Waals surface area contributed by atoms with Crippen LogP contribution in [-0.2, 0) is 0 Å². The van der Waals surface area contributed by atoms with Gasteiger partial charge in [0.05, 0.1) is 6.04 Å². The van der Waals surface area contributed by atoms with Crippen molar-refractivity contribution in [3.05, 3.63) is 23.8 Å². The Balaban J connectivity index is 2.09. The summed E-state index contributed by atoms with van der Waals surface area (Å²) in [5.41, 5.74) is 9.11. The minimum atomic E-state index is 0.193. The van der Waals surface area contributed by atoms with E-state index in [0.29, 0.717) is 6.04 Å². The minimum absolute atomic E-state index is 0.193. The molecule has 0 unspecified atom stereocenters. The largest absolute Gasteiger partial charge is 0.399 e. The summed E-state index contributed by atoms with van der Waals surface area (Å²) >= 11 is 0. The number of aromatic nitrogens is 4. The summed E-state index contributed by atoms with van der Waals surface area (Å²) in [7, 11) is 0. The lowest BCUT2D eigenvalue weighted by Crippen LogP contribution is -2.06. The van der Waals surface area contributed by atoms with Crippen molar-refractivity contribution in [3.8, 4) is 11.4 Å². The Morgan fingerprint density at radius 2 is 1.80 bits per heavy atom. The van der Waals surface area contributed by atoms with E-state index in [1.54, 1.807) is 0 Å². The van der Waals surface area contributed by atoms with Crippen LogP contribution in [0.1, 0.15) is 39.3 Å². The van der Waals surface area contributed by atoms with Crippen molar-refractivity contribution in [2.75, 3.05) is 5.73 Å². The molecule has 1 aromatic heterocycles. The first kappa shape index (κ1) is 13.1. The van der Waals surface area contributed by atoms with Crippen molar-refractivity contribution in [2.45, 2.75) is 40.7 Å². The molecule has 0 aliphatic heterocycles. The van der Waals surface area contributed by atoms with Crippen molar-refractivity contribution < 1.29 is 0 Å². The molecule has 1 saturated carbocycles. The topological polar surface area (TPSA) is 69.6 Å². The first-order chi connectivity index (χ1) is 9.26. The van der Waals surface area contributed by atoms with Crippen molar-refractivity contribution in [1.29, 1.82) is 0 Å². The smallest absolute Gasteiger partial charge is 0.182 e. The summed E-state index contributed by atoms with van der Waals surface area (Å²) in [6.07, 6.45) is 0. The van der Waals surface area contributed by atoms with Gasteiger partial charge in [-0.1, -0.05) is 27.7 Å². The highest BCUT2D eigenvalue weighted by Crippen LogP contribution is 2.71. The summed E-state index contributed by atoms with van der Waals surface area (Å²) in [6.45, 7) is 11.1. The maximum absolute atomic E-state index is 5.82. The van der Waals surface area contributed by atoms with E-state index >= 15 is 0 Å². The normalized spacial score (nSPS) is 20.1. The second-order valence-corrected chi connectivity index (χ2v) is 6.87. The minimum Gasteiger partial charge on any atom is -0.399 e. The number of tetrazole rings is 1. The molecule has 1 heterocycles. The molecular formula is C15H21N5. The highest BCUT2D eigenvalue weighted by atomic mass is 15.6. The van der Waals surface area contributed by atoms with E-state index in [4.69, 9.17) is 5.73 Å². The van der Waals surface area contributed by atoms with Crippen LogP contribution >= 0.6 is 0 Å². The maximum atomic E-state index is 5.82. The Morgan fingerprint density at radius 1 is 1.15 bits per heavy atom. The summed E-state index contributed by atoms with van der Waals surface area (Å²) < 4.78 is 1.97. The second-order valence-electron chi connectivity index (χ2n) is 6.87. The van der Waals surface area contributed by atoms with E-state index < -0.39 is 0 Å². The Labute approximate surface area is 119 Å². The zero-order valence-corrected chi connectivity index (χ0v) is 12.7. The van der Waals surface area contributed by atoms with E-state index in [1.807, 2.05) is 29.8 Å². The van der Waals surface area contributed by atoms with Gasteiger partial charge < -0.3 is 5.73 Å². The molecule has 0 spiro atoms. The summed E-state index contributed by atoms with van der Waals surface area (Å²) in [4.78, 5) is 0. The number of hydrogen-bond donors (Lipinski definition) is 1. The van der Waals surface area contributed by atoms with Crippen LogP contribution in [0.5, 0.6) is 0 Å². The highest BCUT2D eigenvalue weighted by molar-refractivity contribution is 5.63. The third-order valence-electron chi connectivity index (χ3n) is 5.17. The number of aryl methyl sites for hydroxylation is 1. The molecule has 3 rings (SSSR count). The van der Waals surface area contributed by atoms with Crippen molar-refractivity contribution >= 4 is 5.69 Å². The molecule has 0 saturated heterocycles. The molecule has 0 bridgehead atoms. The lowest BCUT2D eigenvalue weighted by Gasteiger charge is -2.09. The van der Waals surface area contributed by atoms with Gasteiger partial charge in [0, 0.05) is 11.3 Å². The first-order valence-electron chi connectivity index (χ1n) is 6.91. The van der Waals surface area contributed by atoms with E-state index in [9.17, 15) is 0 Å². The molecule has 1 fully saturated rings. The van der Waals surface area contributed by atoms with Crippen LogP contribution in [0.3, 0.4) is 0 Å². The molecule has 20 heavy (non-hydrogen) atoms. The fourth-order valence-corrected chi connectivity index (χ4v) is 3.26. The van der Waals surface area contributed by atoms with Crippen LogP contribution in [0.15, 0.2) is 18.2 Å². The SMILES string of the molecule is Cc1cc(N)ccc1-c1nnnn1C1C(C)(C)C1(C)C. The third-order valence-corrected chi connectivity index (χ3v) is 5.17. The zero-order valence-electron chi connectivity index (χ0n) is 12.7. The average Bonchev–Trinajstić information content (AvgIpc) is 2.67. The molecule has 1 aliphatic rings. The lowest BCUT2D eigenvalue weighted by atomic mass is 10.0. The molecule has 5 nitrogen and oxygen atoms in total.